The Labute approximate surface area is 131 Å². The summed E-state index contributed by atoms with van der Waals surface area (Å²) in [5.74, 6) is 1.19. The zero-order valence-corrected chi connectivity index (χ0v) is 13.4. The monoisotopic (exact) mass is 299 g/mol. The highest BCUT2D eigenvalue weighted by Crippen LogP contribution is 2.39. The zero-order chi connectivity index (χ0) is 16.1. The molecule has 0 amide bonds. The fraction of sp³-hybridized carbons (Fsp3) is 0.278. The molecule has 4 nitrogen and oxygen atoms in total. The van der Waals surface area contributed by atoms with Crippen molar-refractivity contribution in [1.82, 2.24) is 4.90 Å². The standard InChI is InChI=1S/C18H21NO3/c1-19(2)11-13-6-5-7-15(8-13)16-9-14(12-20)10-17(21-3)18(16)22-4/h5-10,12H,11H2,1-4H3. The predicted octanol–water partition coefficient (Wildman–Crippen LogP) is 3.24. The second kappa shape index (κ2) is 7.09. The lowest BCUT2D eigenvalue weighted by Gasteiger charge is -2.15. The van der Waals surface area contributed by atoms with E-state index in [0.717, 1.165) is 24.0 Å². The van der Waals surface area contributed by atoms with E-state index < -0.39 is 0 Å². The molecule has 0 radical (unpaired) electrons. The molecule has 0 unspecified atom stereocenters. The molecule has 2 rings (SSSR count). The molecule has 0 saturated heterocycles. The summed E-state index contributed by atoms with van der Waals surface area (Å²) in [4.78, 5) is 13.3. The van der Waals surface area contributed by atoms with Crippen molar-refractivity contribution in [3.8, 4) is 22.6 Å². The van der Waals surface area contributed by atoms with E-state index in [1.807, 2.05) is 32.3 Å². The maximum absolute atomic E-state index is 11.2. The zero-order valence-electron chi connectivity index (χ0n) is 13.4. The summed E-state index contributed by atoms with van der Waals surface area (Å²) >= 11 is 0. The minimum atomic E-state index is 0.556. The van der Waals surface area contributed by atoms with Crippen molar-refractivity contribution in [3.05, 3.63) is 47.5 Å². The van der Waals surface area contributed by atoms with Gasteiger partial charge < -0.3 is 14.4 Å². The van der Waals surface area contributed by atoms with Crippen LogP contribution in [-0.4, -0.2) is 39.5 Å². The number of hydrogen-bond acceptors (Lipinski definition) is 4. The molecule has 0 heterocycles. The second-order valence-electron chi connectivity index (χ2n) is 5.36. The number of rotatable bonds is 6. The minimum absolute atomic E-state index is 0.556. The first-order valence-corrected chi connectivity index (χ1v) is 7.04. The van der Waals surface area contributed by atoms with Gasteiger partial charge in [-0.1, -0.05) is 18.2 Å². The smallest absolute Gasteiger partial charge is 0.168 e. The number of carbonyl (C=O) groups is 1. The van der Waals surface area contributed by atoms with Gasteiger partial charge in [-0.2, -0.15) is 0 Å². The first-order valence-electron chi connectivity index (χ1n) is 7.04. The van der Waals surface area contributed by atoms with Gasteiger partial charge in [-0.25, -0.2) is 0 Å². The summed E-state index contributed by atoms with van der Waals surface area (Å²) in [5, 5.41) is 0. The predicted molar refractivity (Wildman–Crippen MR) is 87.8 cm³/mol. The SMILES string of the molecule is COc1cc(C=O)cc(-c2cccc(CN(C)C)c2)c1OC. The van der Waals surface area contributed by atoms with E-state index in [1.165, 1.54) is 5.56 Å². The lowest BCUT2D eigenvalue weighted by atomic mass is 9.99. The molecule has 116 valence electrons. The van der Waals surface area contributed by atoms with E-state index in [0.29, 0.717) is 17.1 Å². The second-order valence-corrected chi connectivity index (χ2v) is 5.36. The van der Waals surface area contributed by atoms with E-state index in [-0.39, 0.29) is 0 Å². The summed E-state index contributed by atoms with van der Waals surface area (Å²) in [6.07, 6.45) is 0.815. The molecule has 0 N–H and O–H groups in total. The molecule has 0 spiro atoms. The van der Waals surface area contributed by atoms with Crippen LogP contribution in [0.5, 0.6) is 11.5 Å². The van der Waals surface area contributed by atoms with Crippen LogP contribution in [0.2, 0.25) is 0 Å². The highest BCUT2D eigenvalue weighted by Gasteiger charge is 2.14. The van der Waals surface area contributed by atoms with E-state index in [2.05, 4.69) is 17.0 Å². The number of carbonyl (C=O) groups excluding carboxylic acids is 1. The summed E-state index contributed by atoms with van der Waals surface area (Å²) in [5.41, 5.74) is 3.61. The van der Waals surface area contributed by atoms with Crippen LogP contribution in [-0.2, 0) is 6.54 Å². The number of nitrogens with zero attached hydrogens (tertiary/aromatic N) is 1. The van der Waals surface area contributed by atoms with Crippen molar-refractivity contribution in [2.24, 2.45) is 0 Å². The molecular formula is C18H21NO3. The van der Waals surface area contributed by atoms with Gasteiger partial charge in [-0.15, -0.1) is 0 Å². The number of aldehydes is 1. The number of methoxy groups -OCH3 is 2. The van der Waals surface area contributed by atoms with Crippen LogP contribution in [0, 0.1) is 0 Å². The summed E-state index contributed by atoms with van der Waals surface area (Å²) in [6.45, 7) is 0.848. The third-order valence-electron chi connectivity index (χ3n) is 3.37. The number of hydrogen-bond donors (Lipinski definition) is 0. The van der Waals surface area contributed by atoms with Crippen LogP contribution >= 0.6 is 0 Å². The molecule has 0 bridgehead atoms. The third kappa shape index (κ3) is 3.46. The Bertz CT molecular complexity index is 665. The van der Waals surface area contributed by atoms with Crippen LogP contribution in [0.1, 0.15) is 15.9 Å². The fourth-order valence-corrected chi connectivity index (χ4v) is 2.47. The van der Waals surface area contributed by atoms with Crippen molar-refractivity contribution in [1.29, 1.82) is 0 Å². The normalized spacial score (nSPS) is 10.6. The average molecular weight is 299 g/mol. The molecular weight excluding hydrogens is 278 g/mol. The molecule has 0 aromatic heterocycles. The van der Waals surface area contributed by atoms with Crippen molar-refractivity contribution < 1.29 is 14.3 Å². The molecule has 0 saturated carbocycles. The van der Waals surface area contributed by atoms with Gasteiger partial charge in [0.05, 0.1) is 14.2 Å². The maximum Gasteiger partial charge on any atom is 0.168 e. The topological polar surface area (TPSA) is 38.8 Å². The molecule has 4 heteroatoms. The van der Waals surface area contributed by atoms with Gasteiger partial charge in [0.1, 0.15) is 6.29 Å². The van der Waals surface area contributed by atoms with Crippen LogP contribution in [0.4, 0.5) is 0 Å². The van der Waals surface area contributed by atoms with Gasteiger partial charge >= 0.3 is 0 Å². The van der Waals surface area contributed by atoms with Gasteiger partial charge in [0.15, 0.2) is 11.5 Å². The Morgan fingerprint density at radius 3 is 2.45 bits per heavy atom. The summed E-state index contributed by atoms with van der Waals surface area (Å²) < 4.78 is 10.8. The van der Waals surface area contributed by atoms with Gasteiger partial charge in [0.2, 0.25) is 0 Å². The van der Waals surface area contributed by atoms with Crippen LogP contribution in [0.15, 0.2) is 36.4 Å². The van der Waals surface area contributed by atoms with Crippen LogP contribution < -0.4 is 9.47 Å². The van der Waals surface area contributed by atoms with Crippen molar-refractivity contribution in [3.63, 3.8) is 0 Å². The van der Waals surface area contributed by atoms with E-state index in [9.17, 15) is 4.79 Å². The molecule has 2 aromatic rings. The first-order chi connectivity index (χ1) is 10.6. The molecule has 0 atom stereocenters. The molecule has 0 fully saturated rings. The molecule has 0 aliphatic carbocycles. The summed E-state index contributed by atoms with van der Waals surface area (Å²) in [6, 6.07) is 11.7. The third-order valence-corrected chi connectivity index (χ3v) is 3.37. The van der Waals surface area contributed by atoms with Gasteiger partial charge in [-0.05, 0) is 43.4 Å². The first kappa shape index (κ1) is 16.0. The Kier molecular flexibility index (Phi) is 5.17. The summed E-state index contributed by atoms with van der Waals surface area (Å²) in [7, 11) is 7.23. The van der Waals surface area contributed by atoms with E-state index in [4.69, 9.17) is 9.47 Å². The lowest BCUT2D eigenvalue weighted by molar-refractivity contribution is 0.112. The van der Waals surface area contributed by atoms with Gasteiger partial charge in [0, 0.05) is 17.7 Å². The van der Waals surface area contributed by atoms with Crippen molar-refractivity contribution >= 4 is 6.29 Å². The Morgan fingerprint density at radius 2 is 1.86 bits per heavy atom. The van der Waals surface area contributed by atoms with E-state index in [1.54, 1.807) is 20.3 Å². The lowest BCUT2D eigenvalue weighted by Crippen LogP contribution is -2.10. The van der Waals surface area contributed by atoms with Crippen molar-refractivity contribution in [2.45, 2.75) is 6.54 Å². The van der Waals surface area contributed by atoms with Gasteiger partial charge in [-0.3, -0.25) is 4.79 Å². The fourth-order valence-electron chi connectivity index (χ4n) is 2.47. The molecule has 0 aliphatic rings. The van der Waals surface area contributed by atoms with Crippen LogP contribution in [0.3, 0.4) is 0 Å². The van der Waals surface area contributed by atoms with Gasteiger partial charge in [0.25, 0.3) is 0 Å². The molecule has 22 heavy (non-hydrogen) atoms. The quantitative estimate of drug-likeness (QED) is 0.768. The molecule has 0 aliphatic heterocycles. The number of ether oxygens (including phenoxy) is 2. The highest BCUT2D eigenvalue weighted by atomic mass is 16.5. The minimum Gasteiger partial charge on any atom is -0.493 e. The maximum atomic E-state index is 11.2. The Hall–Kier alpha value is -2.33. The highest BCUT2D eigenvalue weighted by molar-refractivity contribution is 5.84. The number of benzene rings is 2. The molecule has 2 aromatic carbocycles. The Morgan fingerprint density at radius 1 is 1.09 bits per heavy atom. The van der Waals surface area contributed by atoms with E-state index >= 15 is 0 Å². The van der Waals surface area contributed by atoms with Crippen LogP contribution in [0.25, 0.3) is 11.1 Å². The average Bonchev–Trinajstić information content (AvgIpc) is 2.53. The Balaban J connectivity index is 2.57. The largest absolute Gasteiger partial charge is 0.493 e. The van der Waals surface area contributed by atoms with Crippen molar-refractivity contribution in [2.75, 3.05) is 28.3 Å².